The summed E-state index contributed by atoms with van der Waals surface area (Å²) >= 11 is 0. The van der Waals surface area contributed by atoms with Gasteiger partial charge in [-0.05, 0) is 45.1 Å². The van der Waals surface area contributed by atoms with Crippen molar-refractivity contribution in [1.82, 2.24) is 4.57 Å². The van der Waals surface area contributed by atoms with Crippen LogP contribution in [0.3, 0.4) is 0 Å². The van der Waals surface area contributed by atoms with Crippen LogP contribution in [-0.4, -0.2) is 4.57 Å². The van der Waals surface area contributed by atoms with Crippen molar-refractivity contribution >= 4 is 54.1 Å². The Balaban J connectivity index is 1.91. The summed E-state index contributed by atoms with van der Waals surface area (Å²) in [5, 5.41) is 10.5. The van der Waals surface area contributed by atoms with Crippen molar-refractivity contribution in [3.8, 4) is 5.69 Å². The SMILES string of the molecule is c1ccc(-n2c3ccc4ccccc4c3c3c4ccccc4c4ccccc4c32)cc1. The summed E-state index contributed by atoms with van der Waals surface area (Å²) in [5.41, 5.74) is 3.73. The molecule has 144 valence electrons. The molecule has 7 rings (SSSR count). The molecule has 0 N–H and O–H groups in total. The van der Waals surface area contributed by atoms with Gasteiger partial charge in [-0.1, -0.05) is 97.1 Å². The lowest BCUT2D eigenvalue weighted by Gasteiger charge is -2.12. The van der Waals surface area contributed by atoms with E-state index >= 15 is 0 Å². The fraction of sp³-hybridized carbons (Fsp3) is 0. The molecule has 0 saturated carbocycles. The number of hydrogen-bond donors (Lipinski definition) is 0. The van der Waals surface area contributed by atoms with Crippen LogP contribution in [-0.2, 0) is 0 Å². The number of para-hydroxylation sites is 1. The summed E-state index contributed by atoms with van der Waals surface area (Å²) in [5.74, 6) is 0. The lowest BCUT2D eigenvalue weighted by Crippen LogP contribution is -1.94. The zero-order valence-corrected chi connectivity index (χ0v) is 16.9. The molecule has 1 heterocycles. The van der Waals surface area contributed by atoms with E-state index in [0.29, 0.717) is 0 Å². The molecule has 0 bridgehead atoms. The zero-order chi connectivity index (χ0) is 20.4. The highest BCUT2D eigenvalue weighted by atomic mass is 15.0. The second-order valence-electron chi connectivity index (χ2n) is 8.17. The first-order chi connectivity index (χ1) is 15.4. The van der Waals surface area contributed by atoms with E-state index in [1.807, 2.05) is 0 Å². The predicted octanol–water partition coefficient (Wildman–Crippen LogP) is 8.24. The van der Waals surface area contributed by atoms with E-state index in [-0.39, 0.29) is 0 Å². The standard InChI is InChI=1S/C30H19N/c1-2-11-21(12-3-1)31-27-19-18-20-10-4-5-13-22(20)28(27)29-25-16-8-6-14-23(25)24-15-7-9-17-26(24)30(29)31/h1-19H. The summed E-state index contributed by atoms with van der Waals surface area (Å²) in [6, 6.07) is 41.7. The molecule has 1 heteroatoms. The number of hydrogen-bond acceptors (Lipinski definition) is 0. The Kier molecular flexibility index (Phi) is 3.33. The van der Waals surface area contributed by atoms with Crippen LogP contribution in [0.15, 0.2) is 115 Å². The number of aromatic nitrogens is 1. The van der Waals surface area contributed by atoms with E-state index in [4.69, 9.17) is 0 Å². The summed E-state index contributed by atoms with van der Waals surface area (Å²) in [7, 11) is 0. The maximum Gasteiger partial charge on any atom is 0.0626 e. The average Bonchev–Trinajstić information content (AvgIpc) is 3.21. The number of rotatable bonds is 1. The fourth-order valence-electron chi connectivity index (χ4n) is 5.28. The first-order valence-corrected chi connectivity index (χ1v) is 10.7. The normalized spacial score (nSPS) is 11.9. The first-order valence-electron chi connectivity index (χ1n) is 10.7. The van der Waals surface area contributed by atoms with Crippen LogP contribution >= 0.6 is 0 Å². The van der Waals surface area contributed by atoms with Crippen LogP contribution in [0.5, 0.6) is 0 Å². The first kappa shape index (κ1) is 16.7. The Hall–Kier alpha value is -4.10. The second-order valence-corrected chi connectivity index (χ2v) is 8.17. The monoisotopic (exact) mass is 393 g/mol. The van der Waals surface area contributed by atoms with Gasteiger partial charge in [-0.3, -0.25) is 0 Å². The van der Waals surface area contributed by atoms with Gasteiger partial charge in [0.1, 0.15) is 0 Å². The summed E-state index contributed by atoms with van der Waals surface area (Å²) < 4.78 is 2.45. The van der Waals surface area contributed by atoms with Gasteiger partial charge in [0.2, 0.25) is 0 Å². The molecule has 0 saturated heterocycles. The molecule has 0 spiro atoms. The summed E-state index contributed by atoms with van der Waals surface area (Å²) in [6.45, 7) is 0. The quantitative estimate of drug-likeness (QED) is 0.247. The summed E-state index contributed by atoms with van der Waals surface area (Å²) in [6.07, 6.45) is 0. The van der Waals surface area contributed by atoms with Gasteiger partial charge >= 0.3 is 0 Å². The molecule has 31 heavy (non-hydrogen) atoms. The second kappa shape index (κ2) is 6.20. The Morgan fingerprint density at radius 2 is 0.968 bits per heavy atom. The molecule has 0 aliphatic rings. The van der Waals surface area contributed by atoms with Crippen molar-refractivity contribution in [1.29, 1.82) is 0 Å². The minimum Gasteiger partial charge on any atom is -0.309 e. The molecule has 6 aromatic carbocycles. The Bertz CT molecular complexity index is 1770. The molecule has 0 unspecified atom stereocenters. The highest BCUT2D eigenvalue weighted by Gasteiger charge is 2.19. The van der Waals surface area contributed by atoms with Gasteiger partial charge in [0.25, 0.3) is 0 Å². The number of nitrogens with zero attached hydrogens (tertiary/aromatic N) is 1. The van der Waals surface area contributed by atoms with Gasteiger partial charge < -0.3 is 4.57 Å². The number of fused-ring (bicyclic) bond motifs is 10. The minimum absolute atomic E-state index is 1.19. The van der Waals surface area contributed by atoms with Gasteiger partial charge in [-0.15, -0.1) is 0 Å². The van der Waals surface area contributed by atoms with Gasteiger partial charge in [0, 0.05) is 21.8 Å². The molecular formula is C30H19N. The average molecular weight is 393 g/mol. The topological polar surface area (TPSA) is 4.93 Å². The van der Waals surface area contributed by atoms with Gasteiger partial charge in [0.05, 0.1) is 11.0 Å². The molecular weight excluding hydrogens is 374 g/mol. The van der Waals surface area contributed by atoms with Crippen LogP contribution in [0.25, 0.3) is 59.8 Å². The Morgan fingerprint density at radius 3 is 1.74 bits per heavy atom. The minimum atomic E-state index is 1.19. The smallest absolute Gasteiger partial charge is 0.0626 e. The third-order valence-corrected chi connectivity index (χ3v) is 6.54. The van der Waals surface area contributed by atoms with E-state index in [0.717, 1.165) is 0 Å². The van der Waals surface area contributed by atoms with Crippen LogP contribution in [0.1, 0.15) is 0 Å². The molecule has 0 amide bonds. The van der Waals surface area contributed by atoms with E-state index in [9.17, 15) is 0 Å². The van der Waals surface area contributed by atoms with Crippen LogP contribution in [0.2, 0.25) is 0 Å². The van der Waals surface area contributed by atoms with Crippen molar-refractivity contribution in [2.75, 3.05) is 0 Å². The molecule has 0 aliphatic carbocycles. The lowest BCUT2D eigenvalue weighted by atomic mass is 9.95. The molecule has 1 aromatic heterocycles. The van der Waals surface area contributed by atoms with Crippen molar-refractivity contribution in [2.24, 2.45) is 0 Å². The zero-order valence-electron chi connectivity index (χ0n) is 16.9. The van der Waals surface area contributed by atoms with Crippen molar-refractivity contribution in [2.45, 2.75) is 0 Å². The van der Waals surface area contributed by atoms with Crippen molar-refractivity contribution in [3.63, 3.8) is 0 Å². The third-order valence-electron chi connectivity index (χ3n) is 6.54. The van der Waals surface area contributed by atoms with E-state index < -0.39 is 0 Å². The van der Waals surface area contributed by atoms with Gasteiger partial charge in [0.15, 0.2) is 0 Å². The third kappa shape index (κ3) is 2.21. The van der Waals surface area contributed by atoms with Gasteiger partial charge in [-0.25, -0.2) is 0 Å². The highest BCUT2D eigenvalue weighted by Crippen LogP contribution is 2.44. The number of benzene rings is 6. The lowest BCUT2D eigenvalue weighted by molar-refractivity contribution is 1.19. The molecule has 7 aromatic rings. The molecule has 0 aliphatic heterocycles. The van der Waals surface area contributed by atoms with Crippen molar-refractivity contribution in [3.05, 3.63) is 115 Å². The van der Waals surface area contributed by atoms with Crippen LogP contribution in [0, 0.1) is 0 Å². The van der Waals surface area contributed by atoms with Crippen molar-refractivity contribution < 1.29 is 0 Å². The maximum atomic E-state index is 2.45. The Morgan fingerprint density at radius 1 is 0.387 bits per heavy atom. The van der Waals surface area contributed by atoms with E-state index in [2.05, 4.69) is 120 Å². The van der Waals surface area contributed by atoms with Gasteiger partial charge in [-0.2, -0.15) is 0 Å². The predicted molar refractivity (Wildman–Crippen MR) is 133 cm³/mol. The molecule has 1 nitrogen and oxygen atoms in total. The van der Waals surface area contributed by atoms with Crippen LogP contribution < -0.4 is 0 Å². The van der Waals surface area contributed by atoms with Crippen LogP contribution in [0.4, 0.5) is 0 Å². The highest BCUT2D eigenvalue weighted by molar-refractivity contribution is 6.35. The summed E-state index contributed by atoms with van der Waals surface area (Å²) in [4.78, 5) is 0. The molecule has 0 fully saturated rings. The van der Waals surface area contributed by atoms with E-state index in [1.165, 1.54) is 59.8 Å². The maximum absolute atomic E-state index is 2.45. The van der Waals surface area contributed by atoms with E-state index in [1.54, 1.807) is 0 Å². The molecule has 0 atom stereocenters. The largest absolute Gasteiger partial charge is 0.309 e. The Labute approximate surface area is 179 Å². The molecule has 0 radical (unpaired) electrons. The fourth-order valence-corrected chi connectivity index (χ4v) is 5.28.